The summed E-state index contributed by atoms with van der Waals surface area (Å²) in [5.41, 5.74) is 1.48. The van der Waals surface area contributed by atoms with Crippen LogP contribution in [0.25, 0.3) is 10.6 Å². The van der Waals surface area contributed by atoms with Gasteiger partial charge in [-0.15, -0.1) is 11.3 Å². The van der Waals surface area contributed by atoms with Crippen LogP contribution in [0.3, 0.4) is 0 Å². The SMILES string of the molecule is CC(NC(=O)c1csc(-c2ccsc2)n1)c1ccc(F)cc1F. The van der Waals surface area contributed by atoms with Crippen molar-refractivity contribution < 1.29 is 13.6 Å². The zero-order valence-electron chi connectivity index (χ0n) is 12.0. The quantitative estimate of drug-likeness (QED) is 0.745. The molecule has 1 unspecified atom stereocenters. The first-order valence-electron chi connectivity index (χ1n) is 6.78. The van der Waals surface area contributed by atoms with Gasteiger partial charge in [-0.2, -0.15) is 11.3 Å². The van der Waals surface area contributed by atoms with Gasteiger partial charge in [0.25, 0.3) is 5.91 Å². The molecule has 1 atom stereocenters. The van der Waals surface area contributed by atoms with E-state index in [0.29, 0.717) is 0 Å². The summed E-state index contributed by atoms with van der Waals surface area (Å²) in [6, 6.07) is 4.64. The van der Waals surface area contributed by atoms with Crippen LogP contribution in [-0.4, -0.2) is 10.9 Å². The Morgan fingerprint density at radius 1 is 1.26 bits per heavy atom. The highest BCUT2D eigenvalue weighted by molar-refractivity contribution is 7.14. The topological polar surface area (TPSA) is 42.0 Å². The van der Waals surface area contributed by atoms with Crippen LogP contribution < -0.4 is 5.32 Å². The van der Waals surface area contributed by atoms with Gasteiger partial charge in [-0.05, 0) is 24.4 Å². The summed E-state index contributed by atoms with van der Waals surface area (Å²) < 4.78 is 26.7. The van der Waals surface area contributed by atoms with Gasteiger partial charge < -0.3 is 5.32 Å². The van der Waals surface area contributed by atoms with Crippen LogP contribution in [0.2, 0.25) is 0 Å². The van der Waals surface area contributed by atoms with Crippen molar-refractivity contribution in [2.75, 3.05) is 0 Å². The van der Waals surface area contributed by atoms with E-state index in [1.54, 1.807) is 23.6 Å². The number of nitrogens with one attached hydrogen (secondary N) is 1. The molecule has 3 nitrogen and oxygen atoms in total. The summed E-state index contributed by atoms with van der Waals surface area (Å²) in [6.45, 7) is 1.64. The second-order valence-electron chi connectivity index (χ2n) is 4.91. The normalized spacial score (nSPS) is 12.1. The summed E-state index contributed by atoms with van der Waals surface area (Å²) in [5.74, 6) is -1.72. The maximum atomic E-state index is 13.7. The Morgan fingerprint density at radius 3 is 2.78 bits per heavy atom. The molecule has 0 aliphatic carbocycles. The van der Waals surface area contributed by atoms with Crippen LogP contribution in [0.15, 0.2) is 40.4 Å². The Bertz CT molecular complexity index is 830. The lowest BCUT2D eigenvalue weighted by molar-refractivity contribution is 0.0935. The van der Waals surface area contributed by atoms with Gasteiger partial charge in [0, 0.05) is 28.0 Å². The number of hydrogen-bond acceptors (Lipinski definition) is 4. The van der Waals surface area contributed by atoms with Gasteiger partial charge in [0.05, 0.1) is 6.04 Å². The molecule has 0 spiro atoms. The van der Waals surface area contributed by atoms with Gasteiger partial charge in [0.2, 0.25) is 0 Å². The molecule has 3 rings (SSSR count). The molecule has 1 aromatic carbocycles. The largest absolute Gasteiger partial charge is 0.344 e. The lowest BCUT2D eigenvalue weighted by atomic mass is 10.1. The molecule has 3 aromatic rings. The minimum absolute atomic E-state index is 0.230. The number of rotatable bonds is 4. The third kappa shape index (κ3) is 3.46. The van der Waals surface area contributed by atoms with Gasteiger partial charge in [-0.3, -0.25) is 4.79 Å². The predicted octanol–water partition coefficient (Wildman–Crippen LogP) is 4.64. The number of hydrogen-bond donors (Lipinski definition) is 1. The standard InChI is InChI=1S/C16H12F2N2OS2/c1-9(12-3-2-11(17)6-13(12)18)19-15(21)14-8-23-16(20-14)10-4-5-22-7-10/h2-9H,1H3,(H,19,21). The summed E-state index contributed by atoms with van der Waals surface area (Å²) in [5, 5.41) is 9.00. The number of thiazole rings is 1. The van der Waals surface area contributed by atoms with Gasteiger partial charge >= 0.3 is 0 Å². The Labute approximate surface area is 139 Å². The fourth-order valence-corrected chi connectivity index (χ4v) is 3.61. The molecular formula is C16H12F2N2OS2. The lowest BCUT2D eigenvalue weighted by Gasteiger charge is -2.14. The number of amides is 1. The monoisotopic (exact) mass is 350 g/mol. The summed E-state index contributed by atoms with van der Waals surface area (Å²) in [6.07, 6.45) is 0. The molecule has 1 amide bonds. The van der Waals surface area contributed by atoms with E-state index in [4.69, 9.17) is 0 Å². The first-order chi connectivity index (χ1) is 11.0. The van der Waals surface area contributed by atoms with Crippen LogP contribution in [0.1, 0.15) is 29.0 Å². The number of benzene rings is 1. The average molecular weight is 350 g/mol. The van der Waals surface area contributed by atoms with Crippen molar-refractivity contribution in [1.82, 2.24) is 10.3 Å². The van der Waals surface area contributed by atoms with Gasteiger partial charge in [-0.1, -0.05) is 6.07 Å². The maximum absolute atomic E-state index is 13.7. The number of nitrogens with zero attached hydrogens (tertiary/aromatic N) is 1. The molecular weight excluding hydrogens is 338 g/mol. The fraction of sp³-hybridized carbons (Fsp3) is 0.125. The third-order valence-electron chi connectivity index (χ3n) is 3.28. The Hall–Kier alpha value is -2.12. The van der Waals surface area contributed by atoms with E-state index in [0.717, 1.165) is 16.6 Å². The van der Waals surface area contributed by atoms with Crippen molar-refractivity contribution in [3.63, 3.8) is 0 Å². The minimum Gasteiger partial charge on any atom is -0.344 e. The van der Waals surface area contributed by atoms with E-state index in [1.807, 2.05) is 16.8 Å². The highest BCUT2D eigenvalue weighted by Crippen LogP contribution is 2.26. The number of halogens is 2. The first kappa shape index (κ1) is 15.8. The molecule has 0 bridgehead atoms. The molecule has 0 fully saturated rings. The number of thiophene rings is 1. The molecule has 0 saturated carbocycles. The van der Waals surface area contributed by atoms with E-state index in [2.05, 4.69) is 10.3 Å². The molecule has 1 N–H and O–H groups in total. The fourth-order valence-electron chi connectivity index (χ4n) is 2.10. The second kappa shape index (κ2) is 6.55. The van der Waals surface area contributed by atoms with Crippen LogP contribution in [0.5, 0.6) is 0 Å². The Morgan fingerprint density at radius 2 is 2.09 bits per heavy atom. The molecule has 0 saturated heterocycles. The van der Waals surface area contributed by atoms with Crippen molar-refractivity contribution in [3.8, 4) is 10.6 Å². The maximum Gasteiger partial charge on any atom is 0.271 e. The van der Waals surface area contributed by atoms with E-state index in [9.17, 15) is 13.6 Å². The van der Waals surface area contributed by atoms with Crippen LogP contribution in [0.4, 0.5) is 8.78 Å². The first-order valence-corrected chi connectivity index (χ1v) is 8.61. The molecule has 0 aliphatic rings. The van der Waals surface area contributed by atoms with E-state index >= 15 is 0 Å². The van der Waals surface area contributed by atoms with Gasteiger partial charge in [-0.25, -0.2) is 13.8 Å². The highest BCUT2D eigenvalue weighted by atomic mass is 32.1. The Balaban J connectivity index is 1.74. The lowest BCUT2D eigenvalue weighted by Crippen LogP contribution is -2.27. The summed E-state index contributed by atoms with van der Waals surface area (Å²) in [4.78, 5) is 16.5. The van der Waals surface area contributed by atoms with E-state index in [1.165, 1.54) is 23.5 Å². The molecule has 23 heavy (non-hydrogen) atoms. The molecule has 7 heteroatoms. The van der Waals surface area contributed by atoms with Crippen LogP contribution in [0, 0.1) is 11.6 Å². The Kier molecular flexibility index (Phi) is 4.49. The number of aromatic nitrogens is 1. The van der Waals surface area contributed by atoms with Crippen molar-refractivity contribution >= 4 is 28.6 Å². The smallest absolute Gasteiger partial charge is 0.271 e. The van der Waals surface area contributed by atoms with Gasteiger partial charge in [0.1, 0.15) is 22.3 Å². The van der Waals surface area contributed by atoms with E-state index in [-0.39, 0.29) is 17.2 Å². The predicted molar refractivity (Wildman–Crippen MR) is 87.7 cm³/mol. The molecule has 0 radical (unpaired) electrons. The van der Waals surface area contributed by atoms with Crippen LogP contribution in [-0.2, 0) is 0 Å². The number of carbonyl (C=O) groups excluding carboxylic acids is 1. The summed E-state index contributed by atoms with van der Waals surface area (Å²) in [7, 11) is 0. The van der Waals surface area contributed by atoms with Crippen molar-refractivity contribution in [2.24, 2.45) is 0 Å². The van der Waals surface area contributed by atoms with Crippen molar-refractivity contribution in [2.45, 2.75) is 13.0 Å². The zero-order chi connectivity index (χ0) is 16.4. The molecule has 118 valence electrons. The summed E-state index contributed by atoms with van der Waals surface area (Å²) >= 11 is 2.93. The average Bonchev–Trinajstić information content (AvgIpc) is 3.18. The van der Waals surface area contributed by atoms with Crippen LogP contribution >= 0.6 is 22.7 Å². The third-order valence-corrected chi connectivity index (χ3v) is 4.86. The van der Waals surface area contributed by atoms with E-state index < -0.39 is 17.7 Å². The van der Waals surface area contributed by atoms with Crippen molar-refractivity contribution in [1.29, 1.82) is 0 Å². The molecule has 2 aromatic heterocycles. The zero-order valence-corrected chi connectivity index (χ0v) is 13.7. The highest BCUT2D eigenvalue weighted by Gasteiger charge is 2.17. The number of carbonyl (C=O) groups is 1. The minimum atomic E-state index is -0.685. The second-order valence-corrected chi connectivity index (χ2v) is 6.55. The molecule has 0 aliphatic heterocycles. The van der Waals surface area contributed by atoms with Gasteiger partial charge in [0.15, 0.2) is 0 Å². The van der Waals surface area contributed by atoms with Crippen molar-refractivity contribution in [3.05, 3.63) is 63.3 Å². The molecule has 2 heterocycles.